The second kappa shape index (κ2) is 9.41. The van der Waals surface area contributed by atoms with Gasteiger partial charge in [0.15, 0.2) is 11.5 Å². The quantitative estimate of drug-likeness (QED) is 0.780. The van der Waals surface area contributed by atoms with Crippen molar-refractivity contribution >= 4 is 11.8 Å². The Morgan fingerprint density at radius 3 is 2.46 bits per heavy atom. The molecule has 7 nitrogen and oxygen atoms in total. The second-order valence-electron chi connectivity index (χ2n) is 5.71. The van der Waals surface area contributed by atoms with Gasteiger partial charge in [0.25, 0.3) is 5.91 Å². The number of carbonyl (C=O) groups is 2. The summed E-state index contributed by atoms with van der Waals surface area (Å²) in [4.78, 5) is 29.2. The maximum absolute atomic E-state index is 12.2. The Balaban J connectivity index is 2.07. The number of rotatable bonds is 8. The van der Waals surface area contributed by atoms with E-state index in [2.05, 4.69) is 10.3 Å². The zero-order valence-corrected chi connectivity index (χ0v) is 15.2. The lowest BCUT2D eigenvalue weighted by Crippen LogP contribution is -2.36. The van der Waals surface area contributed by atoms with E-state index in [1.807, 2.05) is 19.1 Å². The van der Waals surface area contributed by atoms with Crippen molar-refractivity contribution in [2.45, 2.75) is 13.5 Å². The third-order valence-electron chi connectivity index (χ3n) is 3.55. The average Bonchev–Trinajstić information content (AvgIpc) is 2.65. The lowest BCUT2D eigenvalue weighted by atomic mass is 10.2. The van der Waals surface area contributed by atoms with Gasteiger partial charge in [0.1, 0.15) is 6.61 Å². The van der Waals surface area contributed by atoms with Crippen LogP contribution < -0.4 is 14.8 Å². The van der Waals surface area contributed by atoms with Crippen LogP contribution in [0.1, 0.15) is 22.8 Å². The van der Waals surface area contributed by atoms with Crippen LogP contribution in [0.15, 0.2) is 42.7 Å². The zero-order valence-electron chi connectivity index (χ0n) is 15.2. The Hall–Kier alpha value is -3.09. The van der Waals surface area contributed by atoms with Gasteiger partial charge in [0.2, 0.25) is 5.91 Å². The molecule has 1 aromatic carbocycles. The lowest BCUT2D eigenvalue weighted by molar-refractivity contribution is -0.127. The first-order valence-corrected chi connectivity index (χ1v) is 8.28. The monoisotopic (exact) mass is 357 g/mol. The van der Waals surface area contributed by atoms with Crippen LogP contribution in [0.5, 0.6) is 11.5 Å². The summed E-state index contributed by atoms with van der Waals surface area (Å²) >= 11 is 0. The van der Waals surface area contributed by atoms with Crippen molar-refractivity contribution in [2.24, 2.45) is 0 Å². The van der Waals surface area contributed by atoms with E-state index in [0.717, 1.165) is 5.56 Å². The number of benzene rings is 1. The third-order valence-corrected chi connectivity index (χ3v) is 3.55. The largest absolute Gasteiger partial charge is 0.490 e. The number of pyridine rings is 1. The van der Waals surface area contributed by atoms with E-state index >= 15 is 0 Å². The average molecular weight is 357 g/mol. The first kappa shape index (κ1) is 19.2. The molecule has 1 aromatic heterocycles. The number of hydrogen-bond donors (Lipinski definition) is 1. The van der Waals surface area contributed by atoms with Gasteiger partial charge < -0.3 is 19.7 Å². The Labute approximate surface area is 152 Å². The summed E-state index contributed by atoms with van der Waals surface area (Å²) in [6.07, 6.45) is 3.40. The molecule has 0 spiro atoms. The molecule has 2 rings (SSSR count). The third kappa shape index (κ3) is 5.47. The van der Waals surface area contributed by atoms with Gasteiger partial charge in [-0.2, -0.15) is 0 Å². The van der Waals surface area contributed by atoms with Crippen molar-refractivity contribution in [2.75, 3.05) is 27.2 Å². The normalized spacial score (nSPS) is 10.1. The molecule has 26 heavy (non-hydrogen) atoms. The Kier molecular flexibility index (Phi) is 6.96. The van der Waals surface area contributed by atoms with Crippen LogP contribution in [0.2, 0.25) is 0 Å². The lowest BCUT2D eigenvalue weighted by Gasteiger charge is -2.14. The van der Waals surface area contributed by atoms with Gasteiger partial charge >= 0.3 is 0 Å². The molecule has 0 atom stereocenters. The number of ether oxygens (including phenoxy) is 2. The second-order valence-corrected chi connectivity index (χ2v) is 5.71. The highest BCUT2D eigenvalue weighted by molar-refractivity contribution is 5.97. The molecule has 0 aliphatic carbocycles. The standard InChI is InChI=1S/C19H23N3O4/c1-4-25-17-11-15(19(24)21-12-18(23)22(2)3)5-6-16(17)26-13-14-7-9-20-10-8-14/h5-11H,4,12-13H2,1-3H3,(H,21,24). The number of carbonyl (C=O) groups excluding carboxylic acids is 2. The molecule has 7 heteroatoms. The van der Waals surface area contributed by atoms with Crippen LogP contribution in [0.3, 0.4) is 0 Å². The van der Waals surface area contributed by atoms with Crippen LogP contribution in [0.4, 0.5) is 0 Å². The van der Waals surface area contributed by atoms with Crippen LogP contribution in [0, 0.1) is 0 Å². The van der Waals surface area contributed by atoms with Crippen molar-refractivity contribution in [3.8, 4) is 11.5 Å². The van der Waals surface area contributed by atoms with Gasteiger partial charge in [-0.1, -0.05) is 0 Å². The summed E-state index contributed by atoms with van der Waals surface area (Å²) in [7, 11) is 3.27. The summed E-state index contributed by atoms with van der Waals surface area (Å²) in [5.41, 5.74) is 1.38. The molecule has 0 saturated heterocycles. The minimum Gasteiger partial charge on any atom is -0.490 e. The fourth-order valence-corrected chi connectivity index (χ4v) is 2.09. The van der Waals surface area contributed by atoms with Gasteiger partial charge in [-0.25, -0.2) is 0 Å². The predicted molar refractivity (Wildman–Crippen MR) is 97.2 cm³/mol. The van der Waals surface area contributed by atoms with Crippen LogP contribution in [-0.2, 0) is 11.4 Å². The molecule has 0 aliphatic rings. The number of aromatic nitrogens is 1. The number of amides is 2. The predicted octanol–water partition coefficient (Wildman–Crippen LogP) is 1.88. The van der Waals surface area contributed by atoms with Crippen LogP contribution in [0.25, 0.3) is 0 Å². The van der Waals surface area contributed by atoms with E-state index < -0.39 is 0 Å². The van der Waals surface area contributed by atoms with E-state index in [1.165, 1.54) is 4.90 Å². The molecule has 1 N–H and O–H groups in total. The Morgan fingerprint density at radius 1 is 1.08 bits per heavy atom. The molecule has 0 fully saturated rings. The van der Waals surface area contributed by atoms with Crippen LogP contribution >= 0.6 is 0 Å². The molecular formula is C19H23N3O4. The Bertz CT molecular complexity index is 748. The molecule has 0 radical (unpaired) electrons. The Morgan fingerprint density at radius 2 is 1.81 bits per heavy atom. The molecule has 138 valence electrons. The van der Waals surface area contributed by atoms with Gasteiger partial charge in [0.05, 0.1) is 13.2 Å². The summed E-state index contributed by atoms with van der Waals surface area (Å²) in [6.45, 7) is 2.60. The van der Waals surface area contributed by atoms with E-state index in [0.29, 0.717) is 30.3 Å². The van der Waals surface area contributed by atoms with Crippen LogP contribution in [-0.4, -0.2) is 48.9 Å². The van der Waals surface area contributed by atoms with Gasteiger partial charge in [-0.15, -0.1) is 0 Å². The summed E-state index contributed by atoms with van der Waals surface area (Å²) in [5, 5.41) is 2.59. The van der Waals surface area contributed by atoms with Crippen molar-refractivity contribution in [1.29, 1.82) is 0 Å². The number of likely N-dealkylation sites (N-methyl/N-ethyl adjacent to an activating group) is 1. The van der Waals surface area contributed by atoms with Gasteiger partial charge in [-0.05, 0) is 42.8 Å². The maximum Gasteiger partial charge on any atom is 0.251 e. The maximum atomic E-state index is 12.2. The minimum atomic E-state index is -0.346. The summed E-state index contributed by atoms with van der Waals surface area (Å²) in [6, 6.07) is 8.67. The fraction of sp³-hybridized carbons (Fsp3) is 0.316. The van der Waals surface area contributed by atoms with Crippen molar-refractivity contribution in [3.05, 3.63) is 53.9 Å². The highest BCUT2D eigenvalue weighted by Crippen LogP contribution is 2.29. The van der Waals surface area contributed by atoms with E-state index in [4.69, 9.17) is 9.47 Å². The highest BCUT2D eigenvalue weighted by Gasteiger charge is 2.13. The minimum absolute atomic E-state index is 0.0594. The van der Waals surface area contributed by atoms with Crippen molar-refractivity contribution < 1.29 is 19.1 Å². The fourth-order valence-electron chi connectivity index (χ4n) is 2.09. The molecule has 0 bridgehead atoms. The molecule has 0 unspecified atom stereocenters. The molecule has 1 heterocycles. The SMILES string of the molecule is CCOc1cc(C(=O)NCC(=O)N(C)C)ccc1OCc1ccncc1. The van der Waals surface area contributed by atoms with E-state index in [1.54, 1.807) is 44.7 Å². The van der Waals surface area contributed by atoms with E-state index in [9.17, 15) is 9.59 Å². The highest BCUT2D eigenvalue weighted by atomic mass is 16.5. The molecule has 0 aliphatic heterocycles. The topological polar surface area (TPSA) is 80.8 Å². The summed E-state index contributed by atoms with van der Waals surface area (Å²) in [5.74, 6) is 0.500. The molecule has 0 saturated carbocycles. The number of nitrogens with zero attached hydrogens (tertiary/aromatic N) is 2. The molecule has 2 aromatic rings. The summed E-state index contributed by atoms with van der Waals surface area (Å²) < 4.78 is 11.4. The van der Waals surface area contributed by atoms with Gasteiger partial charge in [0, 0.05) is 32.1 Å². The van der Waals surface area contributed by atoms with Crippen molar-refractivity contribution in [3.63, 3.8) is 0 Å². The first-order valence-electron chi connectivity index (χ1n) is 8.28. The number of nitrogens with one attached hydrogen (secondary N) is 1. The zero-order chi connectivity index (χ0) is 18.9. The number of hydrogen-bond acceptors (Lipinski definition) is 5. The molecular weight excluding hydrogens is 334 g/mol. The van der Waals surface area contributed by atoms with Gasteiger partial charge in [-0.3, -0.25) is 14.6 Å². The van der Waals surface area contributed by atoms with Crippen molar-refractivity contribution in [1.82, 2.24) is 15.2 Å². The first-order chi connectivity index (χ1) is 12.5. The molecule has 2 amide bonds. The smallest absolute Gasteiger partial charge is 0.251 e. The van der Waals surface area contributed by atoms with E-state index in [-0.39, 0.29) is 18.4 Å².